The van der Waals surface area contributed by atoms with Crippen LogP contribution in [0.1, 0.15) is 355 Å². The van der Waals surface area contributed by atoms with Crippen LogP contribution >= 0.6 is 0 Å². The molecule has 0 saturated carbocycles. The monoisotopic (exact) mass is 1100 g/mol. The van der Waals surface area contributed by atoms with Gasteiger partial charge in [-0.05, 0) is 116 Å². The van der Waals surface area contributed by atoms with Crippen molar-refractivity contribution < 1.29 is 28.6 Å². The van der Waals surface area contributed by atoms with E-state index in [1.807, 2.05) is 0 Å². The molecule has 1 unspecified atom stereocenters. The third kappa shape index (κ3) is 65.5. The van der Waals surface area contributed by atoms with Crippen LogP contribution in [-0.4, -0.2) is 37.2 Å². The van der Waals surface area contributed by atoms with Gasteiger partial charge in [0, 0.05) is 19.3 Å². The normalized spacial score (nSPS) is 12.5. The van der Waals surface area contributed by atoms with Crippen molar-refractivity contribution in [3.8, 4) is 0 Å². The number of esters is 3. The second kappa shape index (κ2) is 67.4. The zero-order valence-corrected chi connectivity index (χ0v) is 52.6. The van der Waals surface area contributed by atoms with Crippen molar-refractivity contribution in [2.24, 2.45) is 0 Å². The summed E-state index contributed by atoms with van der Waals surface area (Å²) < 4.78 is 17.0. The average Bonchev–Trinajstić information content (AvgIpc) is 3.45. The van der Waals surface area contributed by atoms with Gasteiger partial charge in [-0.25, -0.2) is 0 Å². The fourth-order valence-corrected chi connectivity index (χ4v) is 9.95. The zero-order valence-electron chi connectivity index (χ0n) is 52.6. The van der Waals surface area contributed by atoms with Crippen LogP contribution in [0.3, 0.4) is 0 Å². The van der Waals surface area contributed by atoms with Crippen LogP contribution < -0.4 is 0 Å². The molecule has 0 aliphatic heterocycles. The number of hydrogen-bond acceptors (Lipinski definition) is 6. The Bertz CT molecular complexity index is 1450. The molecule has 0 bridgehead atoms. The van der Waals surface area contributed by atoms with Gasteiger partial charge in [-0.3, -0.25) is 14.4 Å². The molecule has 0 aromatic heterocycles. The Morgan fingerprint density at radius 1 is 0.253 bits per heavy atom. The number of carbonyl (C=O) groups is 3. The van der Waals surface area contributed by atoms with Gasteiger partial charge in [-0.15, -0.1) is 0 Å². The maximum absolute atomic E-state index is 12.9. The SMILES string of the molecule is CCCCC/C=C\C/C=C\CCCCCCCC(=O)OCC(COC(=O)CCCCCCCCCCCCCCC/C=C\C/C=C\CCCCCCC)OC(=O)CCCCCCCCCCC/C=C\C/C=C\CCCCCCC. The standard InChI is InChI=1S/C73H130O6/c1-4-7-10-13-16-19-22-25-28-30-32-34-35-36-37-39-40-42-45-48-51-54-57-60-63-66-72(75)78-69-70(68-77-71(74)65-62-59-56-53-50-47-44-27-24-21-18-15-12-9-6-3)79-73(76)67-64-61-58-55-52-49-46-43-41-38-33-31-29-26-23-20-17-14-11-8-5-2/h18,21-23,25-27,30-33,44,70H,4-17,19-20,24,28-29,34-43,45-69H2,1-3H3/b21-18-,25-22-,26-23-,32-30-,33-31-,44-27-. The van der Waals surface area contributed by atoms with Crippen molar-refractivity contribution in [2.75, 3.05) is 13.2 Å². The molecular formula is C73H130O6. The summed E-state index contributed by atoms with van der Waals surface area (Å²) in [5, 5.41) is 0. The molecule has 6 heteroatoms. The highest BCUT2D eigenvalue weighted by Crippen LogP contribution is 2.17. The maximum Gasteiger partial charge on any atom is 0.306 e. The quantitative estimate of drug-likeness (QED) is 0.0261. The van der Waals surface area contributed by atoms with Gasteiger partial charge in [-0.1, -0.05) is 293 Å². The minimum Gasteiger partial charge on any atom is -0.462 e. The van der Waals surface area contributed by atoms with Crippen molar-refractivity contribution in [1.82, 2.24) is 0 Å². The summed E-state index contributed by atoms with van der Waals surface area (Å²) in [6.45, 7) is 6.62. The van der Waals surface area contributed by atoms with Crippen molar-refractivity contribution in [2.45, 2.75) is 361 Å². The smallest absolute Gasteiger partial charge is 0.306 e. The number of rotatable bonds is 63. The Morgan fingerprint density at radius 2 is 0.456 bits per heavy atom. The maximum atomic E-state index is 12.9. The molecule has 1 atom stereocenters. The van der Waals surface area contributed by atoms with Gasteiger partial charge in [0.1, 0.15) is 13.2 Å². The third-order valence-corrected chi connectivity index (χ3v) is 15.2. The molecule has 6 nitrogen and oxygen atoms in total. The third-order valence-electron chi connectivity index (χ3n) is 15.2. The lowest BCUT2D eigenvalue weighted by atomic mass is 10.0. The molecule has 0 aliphatic rings. The molecule has 0 rings (SSSR count). The van der Waals surface area contributed by atoms with E-state index < -0.39 is 6.10 Å². The summed E-state index contributed by atoms with van der Waals surface area (Å²) in [7, 11) is 0. The van der Waals surface area contributed by atoms with E-state index in [0.717, 1.165) is 89.9 Å². The largest absolute Gasteiger partial charge is 0.462 e. The molecule has 0 heterocycles. The summed E-state index contributed by atoms with van der Waals surface area (Å²) in [5.41, 5.74) is 0. The number of hydrogen-bond donors (Lipinski definition) is 0. The van der Waals surface area contributed by atoms with Gasteiger partial charge in [-0.2, -0.15) is 0 Å². The van der Waals surface area contributed by atoms with E-state index in [2.05, 4.69) is 93.7 Å². The molecule has 0 spiro atoms. The van der Waals surface area contributed by atoms with Crippen LogP contribution in [0.4, 0.5) is 0 Å². The molecule has 0 N–H and O–H groups in total. The highest BCUT2D eigenvalue weighted by molar-refractivity contribution is 5.71. The molecule has 0 saturated heterocycles. The van der Waals surface area contributed by atoms with E-state index in [9.17, 15) is 14.4 Å². The lowest BCUT2D eigenvalue weighted by molar-refractivity contribution is -0.167. The first-order valence-electron chi connectivity index (χ1n) is 34.4. The molecule has 0 amide bonds. The topological polar surface area (TPSA) is 78.9 Å². The molecule has 0 radical (unpaired) electrons. The molecule has 0 aromatic carbocycles. The van der Waals surface area contributed by atoms with Crippen LogP contribution in [0.5, 0.6) is 0 Å². The van der Waals surface area contributed by atoms with Crippen molar-refractivity contribution in [3.63, 3.8) is 0 Å². The van der Waals surface area contributed by atoms with Crippen molar-refractivity contribution >= 4 is 17.9 Å². The van der Waals surface area contributed by atoms with Gasteiger partial charge in [0.15, 0.2) is 6.10 Å². The van der Waals surface area contributed by atoms with Crippen molar-refractivity contribution in [3.05, 3.63) is 72.9 Å². The highest BCUT2D eigenvalue weighted by atomic mass is 16.6. The Balaban J connectivity index is 4.33. The summed E-state index contributed by atoms with van der Waals surface area (Å²) in [4.78, 5) is 38.4. The first-order valence-corrected chi connectivity index (χ1v) is 34.4. The van der Waals surface area contributed by atoms with Gasteiger partial charge < -0.3 is 14.2 Å². The zero-order chi connectivity index (χ0) is 57.1. The first-order chi connectivity index (χ1) is 39.0. The van der Waals surface area contributed by atoms with E-state index in [-0.39, 0.29) is 31.1 Å². The molecule has 0 aromatic rings. The summed E-state index contributed by atoms with van der Waals surface area (Å²) >= 11 is 0. The van der Waals surface area contributed by atoms with E-state index in [0.29, 0.717) is 19.3 Å². The van der Waals surface area contributed by atoms with Crippen LogP contribution in [0.2, 0.25) is 0 Å². The van der Waals surface area contributed by atoms with Gasteiger partial charge >= 0.3 is 17.9 Å². The lowest BCUT2D eigenvalue weighted by Crippen LogP contribution is -2.30. The highest BCUT2D eigenvalue weighted by Gasteiger charge is 2.19. The predicted molar refractivity (Wildman–Crippen MR) is 344 cm³/mol. The Labute approximate surface area is 491 Å². The van der Waals surface area contributed by atoms with Gasteiger partial charge in [0.2, 0.25) is 0 Å². The number of allylic oxidation sites excluding steroid dienone is 12. The second-order valence-corrected chi connectivity index (χ2v) is 23.1. The Kier molecular flexibility index (Phi) is 64.7. The van der Waals surface area contributed by atoms with Gasteiger partial charge in [0.05, 0.1) is 0 Å². The van der Waals surface area contributed by atoms with Crippen LogP contribution in [0.15, 0.2) is 72.9 Å². The number of carbonyl (C=O) groups excluding carboxylic acids is 3. The van der Waals surface area contributed by atoms with Crippen LogP contribution in [-0.2, 0) is 28.6 Å². The molecule has 79 heavy (non-hydrogen) atoms. The molecule has 0 aliphatic carbocycles. The number of unbranched alkanes of at least 4 members (excludes halogenated alkanes) is 40. The lowest BCUT2D eigenvalue weighted by Gasteiger charge is -2.18. The minimum atomic E-state index is -0.785. The Morgan fingerprint density at radius 3 is 0.722 bits per heavy atom. The van der Waals surface area contributed by atoms with Crippen LogP contribution in [0, 0.1) is 0 Å². The van der Waals surface area contributed by atoms with Crippen LogP contribution in [0.25, 0.3) is 0 Å². The Hall–Kier alpha value is -3.15. The fraction of sp³-hybridized carbons (Fsp3) is 0.795. The minimum absolute atomic E-state index is 0.0801. The molecule has 0 fully saturated rings. The first kappa shape index (κ1) is 75.8. The van der Waals surface area contributed by atoms with E-state index in [1.54, 1.807) is 0 Å². The van der Waals surface area contributed by atoms with E-state index in [1.165, 1.54) is 225 Å². The van der Waals surface area contributed by atoms with E-state index >= 15 is 0 Å². The summed E-state index contributed by atoms with van der Waals surface area (Å²) in [6, 6.07) is 0. The van der Waals surface area contributed by atoms with Gasteiger partial charge in [0.25, 0.3) is 0 Å². The predicted octanol–water partition coefficient (Wildman–Crippen LogP) is 23.7. The average molecular weight is 1100 g/mol. The fourth-order valence-electron chi connectivity index (χ4n) is 9.95. The molecular weight excluding hydrogens is 973 g/mol. The second-order valence-electron chi connectivity index (χ2n) is 23.1. The van der Waals surface area contributed by atoms with Crippen molar-refractivity contribution in [1.29, 1.82) is 0 Å². The molecule has 458 valence electrons. The number of ether oxygens (including phenoxy) is 3. The van der Waals surface area contributed by atoms with E-state index in [4.69, 9.17) is 14.2 Å². The summed E-state index contributed by atoms with van der Waals surface area (Å²) in [5.74, 6) is -0.881. The summed E-state index contributed by atoms with van der Waals surface area (Å²) in [6.07, 6.45) is 87.7.